The van der Waals surface area contributed by atoms with Gasteiger partial charge in [-0.25, -0.2) is 4.39 Å². The van der Waals surface area contributed by atoms with Gasteiger partial charge in [-0.1, -0.05) is 18.2 Å². The van der Waals surface area contributed by atoms with Crippen LogP contribution in [0.15, 0.2) is 42.5 Å². The highest BCUT2D eigenvalue weighted by atomic mass is 19.1. The van der Waals surface area contributed by atoms with Gasteiger partial charge in [-0.15, -0.1) is 0 Å². The van der Waals surface area contributed by atoms with Gasteiger partial charge < -0.3 is 14.8 Å². The zero-order valence-corrected chi connectivity index (χ0v) is 16.7. The number of halogens is 1. The van der Waals surface area contributed by atoms with Crippen molar-refractivity contribution >= 4 is 11.7 Å². The van der Waals surface area contributed by atoms with Gasteiger partial charge in [-0.2, -0.15) is 5.10 Å². The van der Waals surface area contributed by atoms with Gasteiger partial charge in [0, 0.05) is 11.3 Å². The Labute approximate surface area is 169 Å². The molecule has 2 aromatic carbocycles. The summed E-state index contributed by atoms with van der Waals surface area (Å²) in [5, 5.41) is 9.94. The Morgan fingerprint density at radius 3 is 2.59 bits per heavy atom. The highest BCUT2D eigenvalue weighted by Crippen LogP contribution is 2.36. The van der Waals surface area contributed by atoms with Crippen molar-refractivity contribution in [1.29, 1.82) is 0 Å². The second-order valence-corrected chi connectivity index (χ2v) is 6.45. The number of carbonyl (C=O) groups is 1. The Kier molecular flexibility index (Phi) is 6.49. The maximum absolute atomic E-state index is 13.4. The van der Waals surface area contributed by atoms with Gasteiger partial charge in [0.15, 0.2) is 17.3 Å². The number of amides is 1. The van der Waals surface area contributed by atoms with Crippen LogP contribution in [0.4, 0.5) is 10.2 Å². The Bertz CT molecular complexity index is 1000. The molecule has 0 unspecified atom stereocenters. The maximum Gasteiger partial charge on any atom is 0.230 e. The van der Waals surface area contributed by atoms with E-state index in [1.165, 1.54) is 12.1 Å². The smallest absolute Gasteiger partial charge is 0.230 e. The van der Waals surface area contributed by atoms with Crippen LogP contribution in [-0.4, -0.2) is 29.3 Å². The molecule has 0 aliphatic carbocycles. The number of aryl methyl sites for hydroxylation is 1. The molecule has 0 saturated heterocycles. The van der Waals surface area contributed by atoms with Crippen LogP contribution in [0.1, 0.15) is 25.1 Å². The summed E-state index contributed by atoms with van der Waals surface area (Å²) in [6, 6.07) is 11.6. The van der Waals surface area contributed by atoms with Crippen LogP contribution in [0, 0.1) is 12.7 Å². The molecule has 0 aliphatic rings. The van der Waals surface area contributed by atoms with Crippen LogP contribution in [-0.2, 0) is 11.2 Å². The predicted octanol–water partition coefficient (Wildman–Crippen LogP) is 4.50. The van der Waals surface area contributed by atoms with Crippen LogP contribution < -0.4 is 14.8 Å². The summed E-state index contributed by atoms with van der Waals surface area (Å²) in [5.41, 5.74) is 3.00. The van der Waals surface area contributed by atoms with E-state index in [0.717, 1.165) is 16.8 Å². The molecule has 1 aromatic heterocycles. The number of anilines is 1. The Hall–Kier alpha value is -3.35. The molecule has 0 saturated carbocycles. The first kappa shape index (κ1) is 20.4. The Morgan fingerprint density at radius 1 is 1.10 bits per heavy atom. The number of rotatable bonds is 8. The number of aromatic nitrogens is 2. The molecule has 0 bridgehead atoms. The molecule has 152 valence electrons. The van der Waals surface area contributed by atoms with Gasteiger partial charge in [0.25, 0.3) is 0 Å². The number of nitrogens with one attached hydrogen (secondary N) is 2. The molecule has 1 amide bonds. The third-order valence-corrected chi connectivity index (χ3v) is 4.29. The topological polar surface area (TPSA) is 76.2 Å². The van der Waals surface area contributed by atoms with Gasteiger partial charge >= 0.3 is 0 Å². The lowest BCUT2D eigenvalue weighted by Gasteiger charge is -2.13. The zero-order valence-electron chi connectivity index (χ0n) is 16.7. The summed E-state index contributed by atoms with van der Waals surface area (Å²) in [4.78, 5) is 12.5. The summed E-state index contributed by atoms with van der Waals surface area (Å²) in [6.45, 7) is 6.73. The number of ether oxygens (including phenoxy) is 2. The molecular weight excluding hydrogens is 373 g/mol. The maximum atomic E-state index is 13.4. The zero-order chi connectivity index (χ0) is 20.8. The van der Waals surface area contributed by atoms with Gasteiger partial charge in [0.1, 0.15) is 5.82 Å². The van der Waals surface area contributed by atoms with Crippen LogP contribution in [0.25, 0.3) is 11.1 Å². The number of benzene rings is 2. The third-order valence-electron chi connectivity index (χ3n) is 4.29. The molecule has 6 nitrogen and oxygen atoms in total. The van der Waals surface area contributed by atoms with Crippen molar-refractivity contribution in [2.75, 3.05) is 18.5 Å². The lowest BCUT2D eigenvalue weighted by atomic mass is 10.0. The number of carbonyl (C=O) groups excluding carboxylic acids is 1. The molecule has 1 heterocycles. The molecule has 0 fully saturated rings. The van der Waals surface area contributed by atoms with Crippen molar-refractivity contribution in [3.8, 4) is 22.6 Å². The van der Waals surface area contributed by atoms with Crippen molar-refractivity contribution < 1.29 is 18.7 Å². The average molecular weight is 397 g/mol. The molecule has 7 heteroatoms. The Balaban J connectivity index is 1.85. The second kappa shape index (κ2) is 9.23. The van der Waals surface area contributed by atoms with E-state index in [0.29, 0.717) is 36.1 Å². The molecule has 0 aliphatic heterocycles. The molecule has 29 heavy (non-hydrogen) atoms. The largest absolute Gasteiger partial charge is 0.490 e. The van der Waals surface area contributed by atoms with Crippen molar-refractivity contribution in [2.24, 2.45) is 0 Å². The average Bonchev–Trinajstić information content (AvgIpc) is 3.03. The first-order valence-corrected chi connectivity index (χ1v) is 9.51. The minimum absolute atomic E-state index is 0.0522. The monoisotopic (exact) mass is 397 g/mol. The number of nitrogens with zero attached hydrogens (tertiary/aromatic N) is 1. The van der Waals surface area contributed by atoms with Crippen molar-refractivity contribution in [3.63, 3.8) is 0 Å². The first-order valence-electron chi connectivity index (χ1n) is 9.51. The van der Waals surface area contributed by atoms with E-state index in [4.69, 9.17) is 9.47 Å². The fourth-order valence-corrected chi connectivity index (χ4v) is 3.09. The predicted molar refractivity (Wildman–Crippen MR) is 110 cm³/mol. The van der Waals surface area contributed by atoms with Crippen LogP contribution >= 0.6 is 0 Å². The van der Waals surface area contributed by atoms with E-state index in [1.807, 2.05) is 39.0 Å². The van der Waals surface area contributed by atoms with Crippen molar-refractivity contribution in [1.82, 2.24) is 10.2 Å². The van der Waals surface area contributed by atoms with Crippen molar-refractivity contribution in [2.45, 2.75) is 27.2 Å². The lowest BCUT2D eigenvalue weighted by molar-refractivity contribution is -0.115. The van der Waals surface area contributed by atoms with Gasteiger partial charge in [0.05, 0.1) is 19.6 Å². The van der Waals surface area contributed by atoms with Gasteiger partial charge in [-0.05, 0) is 56.2 Å². The Morgan fingerprint density at radius 2 is 1.86 bits per heavy atom. The molecule has 2 N–H and O–H groups in total. The van der Waals surface area contributed by atoms with E-state index in [2.05, 4.69) is 15.5 Å². The molecule has 0 spiro atoms. The van der Waals surface area contributed by atoms with Crippen LogP contribution in [0.3, 0.4) is 0 Å². The fraction of sp³-hybridized carbons (Fsp3) is 0.273. The molecule has 3 aromatic rings. The fourth-order valence-electron chi connectivity index (χ4n) is 3.09. The SMILES string of the molecule is CCOc1ccc(-c2c(NC(=O)Cc3cccc(F)c3)n[nH]c2C)cc1OCC. The lowest BCUT2D eigenvalue weighted by Crippen LogP contribution is -2.15. The van der Waals surface area contributed by atoms with Crippen LogP contribution in [0.2, 0.25) is 0 Å². The second-order valence-electron chi connectivity index (χ2n) is 6.45. The minimum Gasteiger partial charge on any atom is -0.490 e. The molecule has 0 radical (unpaired) electrons. The van der Waals surface area contributed by atoms with E-state index in [9.17, 15) is 9.18 Å². The summed E-state index contributed by atoms with van der Waals surface area (Å²) < 4.78 is 24.7. The van der Waals surface area contributed by atoms with Gasteiger partial charge in [0.2, 0.25) is 5.91 Å². The number of hydrogen-bond donors (Lipinski definition) is 2. The molecular formula is C22H24FN3O3. The minimum atomic E-state index is -0.371. The number of hydrogen-bond acceptors (Lipinski definition) is 4. The summed E-state index contributed by atoms with van der Waals surface area (Å²) in [5.74, 6) is 1.06. The summed E-state index contributed by atoms with van der Waals surface area (Å²) >= 11 is 0. The standard InChI is InChI=1S/C22H24FN3O3/c1-4-28-18-10-9-16(13-19(18)29-5-2)21-14(3)25-26-22(21)24-20(27)12-15-7-6-8-17(23)11-15/h6-11,13H,4-5,12H2,1-3H3,(H2,24,25,26,27). The quantitative estimate of drug-likeness (QED) is 0.587. The first-order chi connectivity index (χ1) is 14.0. The molecule has 3 rings (SSSR count). The summed E-state index contributed by atoms with van der Waals surface area (Å²) in [6.07, 6.45) is 0.0522. The summed E-state index contributed by atoms with van der Waals surface area (Å²) in [7, 11) is 0. The van der Waals surface area contributed by atoms with Crippen LogP contribution in [0.5, 0.6) is 11.5 Å². The van der Waals surface area contributed by atoms with E-state index >= 15 is 0 Å². The van der Waals surface area contributed by atoms with E-state index in [1.54, 1.807) is 12.1 Å². The highest BCUT2D eigenvalue weighted by Gasteiger charge is 2.17. The van der Waals surface area contributed by atoms with E-state index < -0.39 is 0 Å². The third kappa shape index (κ3) is 4.93. The van der Waals surface area contributed by atoms with Crippen molar-refractivity contribution in [3.05, 3.63) is 59.5 Å². The normalized spacial score (nSPS) is 10.6. The van der Waals surface area contributed by atoms with E-state index in [-0.39, 0.29) is 18.1 Å². The van der Waals surface area contributed by atoms with Gasteiger partial charge in [-0.3, -0.25) is 9.89 Å². The number of aromatic amines is 1. The highest BCUT2D eigenvalue weighted by molar-refractivity contribution is 5.95. The number of H-pyrrole nitrogens is 1. The molecule has 0 atom stereocenters.